The van der Waals surface area contributed by atoms with Crippen molar-refractivity contribution in [1.82, 2.24) is 0 Å². The Morgan fingerprint density at radius 1 is 0.667 bits per heavy atom. The predicted octanol–water partition coefficient (Wildman–Crippen LogP) is 5.82. The first-order valence-electron chi connectivity index (χ1n) is 10.5. The van der Waals surface area contributed by atoms with Crippen LogP contribution >= 0.6 is 7.26 Å². The molecule has 0 amide bonds. The molecule has 3 fully saturated rings. The summed E-state index contributed by atoms with van der Waals surface area (Å²) in [6, 6.07) is 0. The van der Waals surface area contributed by atoms with Crippen molar-refractivity contribution in [3.8, 4) is 0 Å². The standard InChI is InChI=1S/C20H37O2P.Pd/c21-20(22)16-23(17-10-4-1-5-11-17,18-12-6-2-7-13-18)19-14-8-3-9-15-19;/h17-19,23H,1-16H2,(H,21,22);. The van der Waals surface area contributed by atoms with E-state index in [1.807, 2.05) is 0 Å². The minimum absolute atomic E-state index is 0. The first-order chi connectivity index (χ1) is 11.2. The Kier molecular flexibility index (Phi) is 8.73. The average molecular weight is 447 g/mol. The van der Waals surface area contributed by atoms with Gasteiger partial charge in [-0.3, -0.25) is 0 Å². The number of aliphatic carboxylic acids is 1. The van der Waals surface area contributed by atoms with Crippen molar-refractivity contribution in [3.63, 3.8) is 0 Å². The molecule has 4 heteroatoms. The maximum atomic E-state index is 12.0. The largest absolute Gasteiger partial charge is 0 e. The second-order valence-corrected chi connectivity index (χ2v) is 13.7. The minimum atomic E-state index is -1.76. The normalized spacial score (nSPS) is 25.8. The fraction of sp³-hybridized carbons (Fsp3) is 0.950. The maximum absolute atomic E-state index is 12.0. The zero-order valence-electron chi connectivity index (χ0n) is 15.2. The Labute approximate surface area is 162 Å². The van der Waals surface area contributed by atoms with E-state index in [-0.39, 0.29) is 20.4 Å². The van der Waals surface area contributed by atoms with Crippen LogP contribution in [0.4, 0.5) is 0 Å². The summed E-state index contributed by atoms with van der Waals surface area (Å²) < 4.78 is 0. The van der Waals surface area contributed by atoms with Gasteiger partial charge in [0.15, 0.2) is 0 Å². The van der Waals surface area contributed by atoms with Crippen LogP contribution < -0.4 is 0 Å². The topological polar surface area (TPSA) is 37.3 Å². The van der Waals surface area contributed by atoms with Crippen LogP contribution in [-0.2, 0) is 25.2 Å². The Bertz CT molecular complexity index is 338. The molecule has 0 heterocycles. The molecule has 0 atom stereocenters. The van der Waals surface area contributed by atoms with Crippen molar-refractivity contribution in [1.29, 1.82) is 0 Å². The monoisotopic (exact) mass is 446 g/mol. The zero-order valence-corrected chi connectivity index (χ0v) is 17.8. The van der Waals surface area contributed by atoms with Crippen LogP contribution in [0.3, 0.4) is 0 Å². The third kappa shape index (κ3) is 4.64. The molecule has 0 bridgehead atoms. The Hall–Kier alpha value is 0.562. The van der Waals surface area contributed by atoms with Gasteiger partial charge in [-0.15, -0.1) is 0 Å². The van der Waals surface area contributed by atoms with Crippen LogP contribution in [-0.4, -0.2) is 34.2 Å². The molecule has 0 spiro atoms. The fourth-order valence-electron chi connectivity index (χ4n) is 6.62. The smallest absolute Gasteiger partial charge is 0 e. The number of carboxylic acids is 1. The SMILES string of the molecule is O=C(O)C[PH](C1CCCCC1)(C1CCCCC1)C1CCCCC1.[Pd]. The fourth-order valence-corrected chi connectivity index (χ4v) is 14.5. The molecule has 0 aliphatic heterocycles. The third-order valence-corrected chi connectivity index (χ3v) is 14.8. The molecular formula is C20H37O2PPd. The molecule has 0 radical (unpaired) electrons. The van der Waals surface area contributed by atoms with E-state index >= 15 is 0 Å². The minimum Gasteiger partial charge on any atom is 0 e. The Morgan fingerprint density at radius 2 is 0.958 bits per heavy atom. The summed E-state index contributed by atoms with van der Waals surface area (Å²) in [7, 11) is -1.76. The summed E-state index contributed by atoms with van der Waals surface area (Å²) in [4.78, 5) is 12.0. The summed E-state index contributed by atoms with van der Waals surface area (Å²) in [5.41, 5.74) is 2.50. The van der Waals surface area contributed by atoms with E-state index < -0.39 is 13.2 Å². The molecule has 24 heavy (non-hydrogen) atoms. The van der Waals surface area contributed by atoms with Gasteiger partial charge in [0.2, 0.25) is 0 Å². The molecule has 3 aliphatic carbocycles. The van der Waals surface area contributed by atoms with Gasteiger partial charge < -0.3 is 0 Å². The molecule has 0 aromatic rings. The van der Waals surface area contributed by atoms with Gasteiger partial charge in [0, 0.05) is 20.4 Å². The molecule has 0 saturated heterocycles. The third-order valence-electron chi connectivity index (χ3n) is 7.55. The first kappa shape index (κ1) is 20.9. The van der Waals surface area contributed by atoms with E-state index in [2.05, 4.69) is 0 Å². The molecule has 3 rings (SSSR count). The van der Waals surface area contributed by atoms with Crippen LogP contribution in [0, 0.1) is 0 Å². The van der Waals surface area contributed by atoms with Crippen molar-refractivity contribution < 1.29 is 30.3 Å². The van der Waals surface area contributed by atoms with E-state index in [0.29, 0.717) is 6.16 Å². The molecule has 144 valence electrons. The van der Waals surface area contributed by atoms with E-state index in [9.17, 15) is 9.90 Å². The molecule has 1 N–H and O–H groups in total. The van der Waals surface area contributed by atoms with Crippen LogP contribution in [0.15, 0.2) is 0 Å². The van der Waals surface area contributed by atoms with E-state index in [4.69, 9.17) is 0 Å². The Morgan fingerprint density at radius 3 is 1.21 bits per heavy atom. The number of rotatable bonds is 5. The second-order valence-electron chi connectivity index (χ2n) is 8.69. The quantitative estimate of drug-likeness (QED) is 0.427. The average Bonchev–Trinajstić information content (AvgIpc) is 2.62. The summed E-state index contributed by atoms with van der Waals surface area (Å²) in [6.45, 7) is 0. The first-order valence-corrected chi connectivity index (χ1v) is 12.9. The van der Waals surface area contributed by atoms with Crippen molar-refractivity contribution in [3.05, 3.63) is 0 Å². The van der Waals surface area contributed by atoms with Crippen LogP contribution in [0.2, 0.25) is 0 Å². The second kappa shape index (κ2) is 10.0. The van der Waals surface area contributed by atoms with Gasteiger partial charge in [-0.2, -0.15) is 0 Å². The van der Waals surface area contributed by atoms with Gasteiger partial charge in [-0.05, 0) is 0 Å². The molecular weight excluding hydrogens is 410 g/mol. The Balaban J connectivity index is 0.00000208. The maximum Gasteiger partial charge on any atom is 0 e. The van der Waals surface area contributed by atoms with Gasteiger partial charge in [0.1, 0.15) is 0 Å². The summed E-state index contributed by atoms with van der Waals surface area (Å²) in [5, 5.41) is 9.88. The molecule has 0 aromatic carbocycles. The predicted molar refractivity (Wildman–Crippen MR) is 101 cm³/mol. The van der Waals surface area contributed by atoms with Crippen LogP contribution in [0.5, 0.6) is 0 Å². The molecule has 0 aromatic heterocycles. The van der Waals surface area contributed by atoms with Gasteiger partial charge in [-0.25, -0.2) is 0 Å². The molecule has 0 unspecified atom stereocenters. The van der Waals surface area contributed by atoms with Gasteiger partial charge in [0.05, 0.1) is 0 Å². The molecule has 3 saturated carbocycles. The van der Waals surface area contributed by atoms with E-state index in [1.54, 1.807) is 0 Å². The number of carbonyl (C=O) groups is 1. The van der Waals surface area contributed by atoms with Crippen LogP contribution in [0.1, 0.15) is 96.3 Å². The number of hydrogen-bond acceptors (Lipinski definition) is 1. The molecule has 3 aliphatic rings. The molecule has 2 nitrogen and oxygen atoms in total. The number of hydrogen-bond donors (Lipinski definition) is 1. The van der Waals surface area contributed by atoms with Gasteiger partial charge >= 0.3 is 143 Å². The van der Waals surface area contributed by atoms with E-state index in [1.165, 1.54) is 96.3 Å². The van der Waals surface area contributed by atoms with Crippen molar-refractivity contribution in [2.75, 3.05) is 6.16 Å². The summed E-state index contributed by atoms with van der Waals surface area (Å²) in [6.07, 6.45) is 21.2. The van der Waals surface area contributed by atoms with Gasteiger partial charge in [0.25, 0.3) is 0 Å². The van der Waals surface area contributed by atoms with E-state index in [0.717, 1.165) is 17.0 Å². The zero-order chi connectivity index (χ0) is 16.1. The van der Waals surface area contributed by atoms with Crippen molar-refractivity contribution in [2.45, 2.75) is 113 Å². The number of carboxylic acid groups (broad SMARTS) is 1. The van der Waals surface area contributed by atoms with Gasteiger partial charge in [-0.1, -0.05) is 0 Å². The van der Waals surface area contributed by atoms with Crippen molar-refractivity contribution >= 4 is 13.2 Å². The summed E-state index contributed by atoms with van der Waals surface area (Å²) >= 11 is 0. The van der Waals surface area contributed by atoms with Crippen LogP contribution in [0.25, 0.3) is 0 Å². The van der Waals surface area contributed by atoms with Crippen molar-refractivity contribution in [2.24, 2.45) is 0 Å². The summed E-state index contributed by atoms with van der Waals surface area (Å²) in [5.74, 6) is -0.460.